The molecule has 0 spiro atoms. The molecule has 0 aromatic carbocycles. The summed E-state index contributed by atoms with van der Waals surface area (Å²) in [4.78, 5) is 11.0. The van der Waals surface area contributed by atoms with E-state index in [0.717, 1.165) is 6.42 Å². The molecule has 0 fully saturated rings. The molecule has 90 valence electrons. The number of alkyl carbamates (subject to hydrolysis) is 1. The Balaban J connectivity index is 3.17. The van der Waals surface area contributed by atoms with Crippen molar-refractivity contribution in [2.24, 2.45) is 5.92 Å². The van der Waals surface area contributed by atoms with Gasteiger partial charge < -0.3 is 19.9 Å². The molecule has 0 atom stereocenters. The van der Waals surface area contributed by atoms with Crippen LogP contribution in [0.2, 0.25) is 0 Å². The largest absolute Gasteiger partial charge is 0.449 e. The molecular weight excluding hydrogens is 198 g/mol. The van der Waals surface area contributed by atoms with Gasteiger partial charge in [0.25, 0.3) is 0 Å². The zero-order valence-electron chi connectivity index (χ0n) is 9.49. The minimum atomic E-state index is -0.383. The summed E-state index contributed by atoms with van der Waals surface area (Å²) in [6, 6.07) is 0. The second-order valence-electron chi connectivity index (χ2n) is 3.61. The zero-order chi connectivity index (χ0) is 11.5. The average Bonchev–Trinajstić information content (AvgIpc) is 2.20. The average molecular weight is 219 g/mol. The fourth-order valence-corrected chi connectivity index (χ4v) is 0.825. The summed E-state index contributed by atoms with van der Waals surface area (Å²) in [5.41, 5.74) is 0. The van der Waals surface area contributed by atoms with E-state index in [1.165, 1.54) is 0 Å². The predicted octanol–water partition coefficient (Wildman–Crippen LogP) is 0.768. The molecule has 5 heteroatoms. The first-order valence-electron chi connectivity index (χ1n) is 5.26. The summed E-state index contributed by atoms with van der Waals surface area (Å²) in [5.74, 6) is 0.351. The highest BCUT2D eigenvalue weighted by Gasteiger charge is 2.02. The molecule has 0 aliphatic rings. The lowest BCUT2D eigenvalue weighted by Crippen LogP contribution is -2.27. The number of nitrogens with one attached hydrogen (secondary N) is 1. The molecule has 0 unspecified atom stereocenters. The molecule has 0 bridgehead atoms. The first-order chi connectivity index (χ1) is 7.16. The molecule has 0 aliphatic carbocycles. The van der Waals surface area contributed by atoms with Gasteiger partial charge in [-0.2, -0.15) is 0 Å². The van der Waals surface area contributed by atoms with Gasteiger partial charge in [-0.25, -0.2) is 4.79 Å². The molecule has 0 aliphatic heterocycles. The van der Waals surface area contributed by atoms with Crippen LogP contribution in [0, 0.1) is 5.92 Å². The molecule has 0 aromatic heterocycles. The van der Waals surface area contributed by atoms with Gasteiger partial charge in [-0.05, 0) is 12.3 Å². The summed E-state index contributed by atoms with van der Waals surface area (Å²) < 4.78 is 9.92. The normalized spacial score (nSPS) is 10.4. The van der Waals surface area contributed by atoms with Crippen molar-refractivity contribution in [1.82, 2.24) is 5.32 Å². The predicted molar refractivity (Wildman–Crippen MR) is 56.7 cm³/mol. The quantitative estimate of drug-likeness (QED) is 0.592. The molecule has 0 heterocycles. The second kappa shape index (κ2) is 9.73. The fraction of sp³-hybridized carbons (Fsp3) is 0.900. The third kappa shape index (κ3) is 11.1. The number of amides is 1. The van der Waals surface area contributed by atoms with Gasteiger partial charge in [0.15, 0.2) is 0 Å². The molecule has 5 nitrogen and oxygen atoms in total. The molecular formula is C10H21NO4. The van der Waals surface area contributed by atoms with Crippen LogP contribution in [0.3, 0.4) is 0 Å². The number of hydrogen-bond acceptors (Lipinski definition) is 4. The maximum atomic E-state index is 11.0. The SMILES string of the molecule is CC(C)COC(=O)NCCCOCCO. The topological polar surface area (TPSA) is 67.8 Å². The van der Waals surface area contributed by atoms with E-state index in [-0.39, 0.29) is 12.7 Å². The highest BCUT2D eigenvalue weighted by molar-refractivity contribution is 5.66. The minimum Gasteiger partial charge on any atom is -0.449 e. The number of ether oxygens (including phenoxy) is 2. The van der Waals surface area contributed by atoms with Gasteiger partial charge in [-0.15, -0.1) is 0 Å². The van der Waals surface area contributed by atoms with Crippen molar-refractivity contribution in [3.8, 4) is 0 Å². The van der Waals surface area contributed by atoms with Crippen molar-refractivity contribution in [3.63, 3.8) is 0 Å². The Morgan fingerprint density at radius 2 is 2.13 bits per heavy atom. The molecule has 1 amide bonds. The van der Waals surface area contributed by atoms with Gasteiger partial charge in [0, 0.05) is 13.2 Å². The third-order valence-corrected chi connectivity index (χ3v) is 1.52. The number of hydrogen-bond donors (Lipinski definition) is 2. The van der Waals surface area contributed by atoms with Crippen molar-refractivity contribution < 1.29 is 19.4 Å². The van der Waals surface area contributed by atoms with E-state index in [1.54, 1.807) is 0 Å². The molecule has 0 saturated carbocycles. The van der Waals surface area contributed by atoms with E-state index in [2.05, 4.69) is 5.32 Å². The van der Waals surface area contributed by atoms with E-state index < -0.39 is 0 Å². The first-order valence-corrected chi connectivity index (χ1v) is 5.26. The van der Waals surface area contributed by atoms with E-state index in [4.69, 9.17) is 14.6 Å². The lowest BCUT2D eigenvalue weighted by Gasteiger charge is -2.08. The van der Waals surface area contributed by atoms with Gasteiger partial charge in [-0.3, -0.25) is 0 Å². The van der Waals surface area contributed by atoms with Crippen LogP contribution in [0.4, 0.5) is 4.79 Å². The van der Waals surface area contributed by atoms with Crippen LogP contribution >= 0.6 is 0 Å². The van der Waals surface area contributed by atoms with Gasteiger partial charge >= 0.3 is 6.09 Å². The fourth-order valence-electron chi connectivity index (χ4n) is 0.825. The van der Waals surface area contributed by atoms with Crippen molar-refractivity contribution in [3.05, 3.63) is 0 Å². The minimum absolute atomic E-state index is 0.0316. The van der Waals surface area contributed by atoms with Gasteiger partial charge in [-0.1, -0.05) is 13.8 Å². The van der Waals surface area contributed by atoms with Gasteiger partial charge in [0.05, 0.1) is 19.8 Å². The van der Waals surface area contributed by atoms with E-state index in [9.17, 15) is 4.79 Å². The maximum absolute atomic E-state index is 11.0. The monoisotopic (exact) mass is 219 g/mol. The van der Waals surface area contributed by atoms with Crippen molar-refractivity contribution in [1.29, 1.82) is 0 Å². The summed E-state index contributed by atoms with van der Waals surface area (Å²) in [6.45, 7) is 5.84. The Morgan fingerprint density at radius 3 is 2.73 bits per heavy atom. The molecule has 0 saturated heterocycles. The Bertz CT molecular complexity index is 162. The molecule has 0 rings (SSSR count). The molecule has 0 radical (unpaired) electrons. The van der Waals surface area contributed by atoms with Gasteiger partial charge in [0.2, 0.25) is 0 Å². The summed E-state index contributed by atoms with van der Waals surface area (Å²) in [5, 5.41) is 11.0. The van der Waals surface area contributed by atoms with Crippen molar-refractivity contribution in [2.45, 2.75) is 20.3 Å². The number of carbonyl (C=O) groups is 1. The zero-order valence-corrected chi connectivity index (χ0v) is 9.49. The summed E-state index contributed by atoms with van der Waals surface area (Å²) >= 11 is 0. The van der Waals surface area contributed by atoms with E-state index in [1.807, 2.05) is 13.8 Å². The van der Waals surface area contributed by atoms with E-state index in [0.29, 0.717) is 32.3 Å². The first kappa shape index (κ1) is 14.2. The van der Waals surface area contributed by atoms with Crippen LogP contribution in [0.15, 0.2) is 0 Å². The number of aliphatic hydroxyl groups excluding tert-OH is 1. The van der Waals surface area contributed by atoms with Crippen LogP contribution in [0.25, 0.3) is 0 Å². The van der Waals surface area contributed by atoms with Crippen LogP contribution in [0.5, 0.6) is 0 Å². The lowest BCUT2D eigenvalue weighted by atomic mass is 10.2. The Morgan fingerprint density at radius 1 is 1.40 bits per heavy atom. The second-order valence-corrected chi connectivity index (χ2v) is 3.61. The molecule has 15 heavy (non-hydrogen) atoms. The maximum Gasteiger partial charge on any atom is 0.407 e. The Kier molecular flexibility index (Phi) is 9.21. The smallest absolute Gasteiger partial charge is 0.407 e. The number of carbonyl (C=O) groups excluding carboxylic acids is 1. The summed E-state index contributed by atoms with van der Waals surface area (Å²) in [6.07, 6.45) is 0.336. The highest BCUT2D eigenvalue weighted by Crippen LogP contribution is 1.92. The van der Waals surface area contributed by atoms with Crippen LogP contribution in [-0.4, -0.2) is 44.2 Å². The Hall–Kier alpha value is -0.810. The van der Waals surface area contributed by atoms with Crippen molar-refractivity contribution in [2.75, 3.05) is 33.0 Å². The highest BCUT2D eigenvalue weighted by atomic mass is 16.5. The standard InChI is InChI=1S/C10H21NO4/c1-9(2)8-15-10(13)11-4-3-6-14-7-5-12/h9,12H,3-8H2,1-2H3,(H,11,13). The van der Waals surface area contributed by atoms with Crippen LogP contribution in [0.1, 0.15) is 20.3 Å². The Labute approximate surface area is 90.8 Å². The molecule has 2 N–H and O–H groups in total. The van der Waals surface area contributed by atoms with Crippen molar-refractivity contribution >= 4 is 6.09 Å². The van der Waals surface area contributed by atoms with E-state index >= 15 is 0 Å². The van der Waals surface area contributed by atoms with Crippen LogP contribution < -0.4 is 5.32 Å². The third-order valence-electron chi connectivity index (χ3n) is 1.52. The molecule has 0 aromatic rings. The van der Waals surface area contributed by atoms with Gasteiger partial charge in [0.1, 0.15) is 0 Å². The number of rotatable bonds is 8. The van der Waals surface area contributed by atoms with Crippen LogP contribution in [-0.2, 0) is 9.47 Å². The lowest BCUT2D eigenvalue weighted by molar-refractivity contribution is 0.0895. The summed E-state index contributed by atoms with van der Waals surface area (Å²) in [7, 11) is 0. The number of aliphatic hydroxyl groups is 1.